The summed E-state index contributed by atoms with van der Waals surface area (Å²) in [6, 6.07) is 11.3. The number of halogens is 1. The number of aromatic hydroxyl groups is 1. The van der Waals surface area contributed by atoms with E-state index >= 15 is 0 Å². The summed E-state index contributed by atoms with van der Waals surface area (Å²) in [5.41, 5.74) is -0.308. The van der Waals surface area contributed by atoms with Gasteiger partial charge in [0.05, 0.1) is 16.2 Å². The van der Waals surface area contributed by atoms with Gasteiger partial charge in [-0.2, -0.15) is 0 Å². The van der Waals surface area contributed by atoms with Crippen LogP contribution >= 0.6 is 34.7 Å². The maximum Gasteiger partial charge on any atom is 0.333 e. The molecule has 3 aromatic heterocycles. The van der Waals surface area contributed by atoms with Crippen LogP contribution in [0.25, 0.3) is 16.6 Å². The fraction of sp³-hybridized carbons (Fsp3) is 0.0500. The lowest BCUT2D eigenvalue weighted by atomic mass is 10.1. The van der Waals surface area contributed by atoms with Crippen molar-refractivity contribution in [3.8, 4) is 11.7 Å². The molecule has 0 aliphatic heterocycles. The van der Waals surface area contributed by atoms with Gasteiger partial charge in [0.2, 0.25) is 5.88 Å². The lowest BCUT2D eigenvalue weighted by Crippen LogP contribution is -2.34. The summed E-state index contributed by atoms with van der Waals surface area (Å²) < 4.78 is 27.5. The van der Waals surface area contributed by atoms with Gasteiger partial charge in [0.15, 0.2) is 0 Å². The average molecular weight is 523 g/mol. The number of hydrogen-bond donors (Lipinski definition) is 3. The van der Waals surface area contributed by atoms with Crippen molar-refractivity contribution in [2.24, 2.45) is 0 Å². The van der Waals surface area contributed by atoms with Crippen molar-refractivity contribution in [2.75, 3.05) is 11.6 Å². The first-order valence-corrected chi connectivity index (χ1v) is 13.1. The number of rotatable bonds is 5. The third-order valence-electron chi connectivity index (χ3n) is 4.49. The fourth-order valence-electron chi connectivity index (χ4n) is 2.99. The van der Waals surface area contributed by atoms with Gasteiger partial charge in [-0.1, -0.05) is 17.7 Å². The van der Waals surface area contributed by atoms with E-state index in [2.05, 4.69) is 10.3 Å². The molecule has 0 aliphatic carbocycles. The number of carbonyl (C=O) groups is 1. The first-order chi connectivity index (χ1) is 15.7. The summed E-state index contributed by atoms with van der Waals surface area (Å²) in [7, 11) is -4.08. The number of benzene rings is 1. The number of nitrogens with zero attached hydrogens (tertiary/aromatic N) is 2. The summed E-state index contributed by atoms with van der Waals surface area (Å²) in [5.74, 6) is -0.138. The van der Waals surface area contributed by atoms with Gasteiger partial charge in [-0.25, -0.2) is 27.5 Å². The summed E-state index contributed by atoms with van der Waals surface area (Å²) in [6.07, 6.45) is 3.14. The zero-order valence-electron chi connectivity index (χ0n) is 16.8. The van der Waals surface area contributed by atoms with Crippen LogP contribution in [-0.4, -0.2) is 35.4 Å². The average Bonchev–Trinajstić information content (AvgIpc) is 3.22. The normalized spacial score (nSPS) is 11.5. The molecule has 4 aromatic rings. The fourth-order valence-corrected chi connectivity index (χ4v) is 5.82. The van der Waals surface area contributed by atoms with E-state index in [1.165, 1.54) is 48.3 Å². The van der Waals surface area contributed by atoms with E-state index < -0.39 is 21.6 Å². The van der Waals surface area contributed by atoms with Gasteiger partial charge >= 0.3 is 6.03 Å². The van der Waals surface area contributed by atoms with E-state index in [9.17, 15) is 23.1 Å². The number of thiophene rings is 1. The zero-order chi connectivity index (χ0) is 23.8. The van der Waals surface area contributed by atoms with Crippen LogP contribution in [0.1, 0.15) is 0 Å². The molecule has 3 heterocycles. The van der Waals surface area contributed by atoms with Crippen LogP contribution in [0.5, 0.6) is 5.88 Å². The number of pyridine rings is 2. The van der Waals surface area contributed by atoms with Crippen LogP contribution in [0.15, 0.2) is 68.6 Å². The van der Waals surface area contributed by atoms with E-state index in [-0.39, 0.29) is 25.9 Å². The minimum absolute atomic E-state index is 0.105. The number of sulfonamides is 1. The van der Waals surface area contributed by atoms with Crippen LogP contribution in [0.2, 0.25) is 4.34 Å². The Morgan fingerprint density at radius 2 is 1.97 bits per heavy atom. The monoisotopic (exact) mass is 522 g/mol. The molecule has 0 saturated carbocycles. The van der Waals surface area contributed by atoms with Crippen molar-refractivity contribution in [3.05, 3.63) is 69.4 Å². The molecule has 33 heavy (non-hydrogen) atoms. The Bertz CT molecular complexity index is 1530. The predicted octanol–water partition coefficient (Wildman–Crippen LogP) is 4.04. The Balaban J connectivity index is 1.57. The van der Waals surface area contributed by atoms with Crippen LogP contribution < -0.4 is 15.6 Å². The maximum atomic E-state index is 12.6. The van der Waals surface area contributed by atoms with Crippen LogP contribution in [0.4, 0.5) is 10.5 Å². The number of thioether (sulfide) groups is 1. The quantitative estimate of drug-likeness (QED) is 0.337. The van der Waals surface area contributed by atoms with Crippen molar-refractivity contribution in [3.63, 3.8) is 0 Å². The lowest BCUT2D eigenvalue weighted by molar-refractivity contribution is 0.256. The summed E-state index contributed by atoms with van der Waals surface area (Å²) in [6.45, 7) is 0. The molecule has 2 amide bonds. The molecule has 3 N–H and O–H groups in total. The molecular weight excluding hydrogens is 508 g/mol. The van der Waals surface area contributed by atoms with Gasteiger partial charge in [0, 0.05) is 16.3 Å². The zero-order valence-corrected chi connectivity index (χ0v) is 20.0. The van der Waals surface area contributed by atoms with Crippen LogP contribution in [0, 0.1) is 0 Å². The van der Waals surface area contributed by atoms with Crippen molar-refractivity contribution < 1.29 is 18.3 Å². The van der Waals surface area contributed by atoms with Gasteiger partial charge in [-0.15, -0.1) is 23.1 Å². The van der Waals surface area contributed by atoms with Crippen LogP contribution in [0.3, 0.4) is 0 Å². The highest BCUT2D eigenvalue weighted by Crippen LogP contribution is 2.29. The second-order valence-electron chi connectivity index (χ2n) is 6.62. The molecule has 0 unspecified atom stereocenters. The largest absolute Gasteiger partial charge is 0.494 e. The molecule has 0 aliphatic rings. The van der Waals surface area contributed by atoms with E-state index in [1.54, 1.807) is 12.1 Å². The number of anilines is 1. The molecule has 0 bridgehead atoms. The van der Waals surface area contributed by atoms with Crippen LogP contribution in [-0.2, 0) is 10.0 Å². The molecule has 170 valence electrons. The Kier molecular flexibility index (Phi) is 6.34. The minimum Gasteiger partial charge on any atom is -0.494 e. The molecule has 13 heteroatoms. The van der Waals surface area contributed by atoms with Gasteiger partial charge in [0.25, 0.3) is 15.6 Å². The van der Waals surface area contributed by atoms with Gasteiger partial charge < -0.3 is 10.4 Å². The first-order valence-electron chi connectivity index (χ1n) is 9.16. The maximum absolute atomic E-state index is 12.6. The summed E-state index contributed by atoms with van der Waals surface area (Å²) >= 11 is 8.06. The molecule has 9 nitrogen and oxygen atoms in total. The minimum atomic E-state index is -4.08. The highest BCUT2D eigenvalue weighted by molar-refractivity contribution is 7.98. The van der Waals surface area contributed by atoms with Gasteiger partial charge in [-0.05, 0) is 48.0 Å². The standard InChI is InChI=1S/C20H15ClN4O5S3/c1-31-13-4-2-11-8-17(26)25(19(27)14(11)9-13)16-6-3-12(10-22-16)23-20(28)24-33(29,30)18-7-5-15(21)32-18/h2-10,27H,1H3,(H2,23,24,28). The topological polar surface area (TPSA) is 130 Å². The van der Waals surface area contributed by atoms with E-state index in [1.807, 2.05) is 17.0 Å². The Morgan fingerprint density at radius 1 is 1.18 bits per heavy atom. The smallest absolute Gasteiger partial charge is 0.333 e. The second-order valence-corrected chi connectivity index (χ2v) is 11.1. The van der Waals surface area contributed by atoms with E-state index in [0.29, 0.717) is 10.8 Å². The number of fused-ring (bicyclic) bond motifs is 1. The molecule has 1 aromatic carbocycles. The molecule has 4 rings (SSSR count). The third-order valence-corrected chi connectivity index (χ3v) is 8.27. The number of amides is 2. The SMILES string of the molecule is CSc1ccc2cc(=O)n(-c3ccc(NC(=O)NS(=O)(=O)c4ccc(Cl)s4)cn3)c(O)c2c1. The third kappa shape index (κ3) is 4.83. The molecule has 0 saturated heterocycles. The molecule has 0 radical (unpaired) electrons. The number of carbonyl (C=O) groups excluding carboxylic acids is 1. The second kappa shape index (κ2) is 9.06. The number of urea groups is 1. The lowest BCUT2D eigenvalue weighted by Gasteiger charge is -2.12. The van der Waals surface area contributed by atoms with Gasteiger partial charge in [0.1, 0.15) is 10.0 Å². The van der Waals surface area contributed by atoms with Crippen molar-refractivity contribution in [1.29, 1.82) is 0 Å². The Labute approximate surface area is 201 Å². The Hall–Kier alpha value is -3.06. The number of aromatic nitrogens is 2. The first kappa shape index (κ1) is 23.1. The van der Waals surface area contributed by atoms with Crippen molar-refractivity contribution >= 4 is 67.2 Å². The molecule has 0 spiro atoms. The Morgan fingerprint density at radius 3 is 2.61 bits per heavy atom. The van der Waals surface area contributed by atoms with E-state index in [0.717, 1.165) is 20.8 Å². The number of hydrogen-bond acceptors (Lipinski definition) is 8. The van der Waals surface area contributed by atoms with Crippen molar-refractivity contribution in [2.45, 2.75) is 9.10 Å². The highest BCUT2D eigenvalue weighted by Gasteiger charge is 2.20. The summed E-state index contributed by atoms with van der Waals surface area (Å²) in [4.78, 5) is 29.7. The predicted molar refractivity (Wildman–Crippen MR) is 129 cm³/mol. The van der Waals surface area contributed by atoms with E-state index in [4.69, 9.17) is 11.6 Å². The molecular formula is C20H15ClN4O5S3. The van der Waals surface area contributed by atoms with Crippen molar-refractivity contribution in [1.82, 2.24) is 14.3 Å². The molecule has 0 fully saturated rings. The number of nitrogens with one attached hydrogen (secondary N) is 2. The molecule has 0 atom stereocenters. The summed E-state index contributed by atoms with van der Waals surface area (Å²) in [5, 5.41) is 14.2. The van der Waals surface area contributed by atoms with Gasteiger partial charge in [-0.3, -0.25) is 4.79 Å². The highest BCUT2D eigenvalue weighted by atomic mass is 35.5.